The van der Waals surface area contributed by atoms with Crippen LogP contribution in [0.15, 0.2) is 27.9 Å². The second-order valence-corrected chi connectivity index (χ2v) is 2.52. The summed E-state index contributed by atoms with van der Waals surface area (Å²) >= 11 is 0. The van der Waals surface area contributed by atoms with Crippen LogP contribution in [0.2, 0.25) is 0 Å². The summed E-state index contributed by atoms with van der Waals surface area (Å²) in [5.74, 6) is -0.0500. The summed E-state index contributed by atoms with van der Waals surface area (Å²) in [5.41, 5.74) is 2.36. The third-order valence-corrected chi connectivity index (χ3v) is 1.42. The lowest BCUT2D eigenvalue weighted by Crippen LogP contribution is -2.16. The van der Waals surface area contributed by atoms with Crippen molar-refractivity contribution in [2.45, 2.75) is 19.8 Å². The van der Waals surface area contributed by atoms with Gasteiger partial charge in [-0.2, -0.15) is 5.10 Å². The Hall–Kier alpha value is -1.58. The van der Waals surface area contributed by atoms with Crippen molar-refractivity contribution in [3.63, 3.8) is 0 Å². The van der Waals surface area contributed by atoms with E-state index in [1.807, 2.05) is 6.92 Å². The zero-order valence-corrected chi connectivity index (χ0v) is 7.49. The van der Waals surface area contributed by atoms with Gasteiger partial charge in [0.25, 0.3) is 0 Å². The lowest BCUT2D eigenvalue weighted by atomic mass is 10.4. The van der Waals surface area contributed by atoms with Gasteiger partial charge < -0.3 is 4.42 Å². The summed E-state index contributed by atoms with van der Waals surface area (Å²) in [4.78, 5) is 11.2. The minimum atomic E-state index is -0.322. The van der Waals surface area contributed by atoms with Gasteiger partial charge in [-0.15, -0.1) is 0 Å². The molecule has 1 rings (SSSR count). The van der Waals surface area contributed by atoms with Gasteiger partial charge in [0, 0.05) is 6.21 Å². The van der Waals surface area contributed by atoms with Gasteiger partial charge in [0.15, 0.2) is 5.76 Å². The van der Waals surface area contributed by atoms with Crippen LogP contribution >= 0.6 is 0 Å². The third kappa shape index (κ3) is 3.11. The summed E-state index contributed by atoms with van der Waals surface area (Å²) < 4.78 is 4.87. The van der Waals surface area contributed by atoms with Crippen LogP contribution in [0.3, 0.4) is 0 Å². The molecule has 0 spiro atoms. The van der Waals surface area contributed by atoms with E-state index in [1.165, 1.54) is 6.26 Å². The molecule has 0 aromatic carbocycles. The molecule has 1 heterocycles. The van der Waals surface area contributed by atoms with E-state index in [2.05, 4.69) is 10.5 Å². The number of unbranched alkanes of at least 4 members (excludes halogenated alkanes) is 1. The van der Waals surface area contributed by atoms with Crippen LogP contribution in [0.4, 0.5) is 0 Å². The Balaban J connectivity index is 2.34. The fourth-order valence-electron chi connectivity index (χ4n) is 0.761. The highest BCUT2D eigenvalue weighted by Gasteiger charge is 2.05. The summed E-state index contributed by atoms with van der Waals surface area (Å²) in [7, 11) is 0. The average Bonchev–Trinajstić information content (AvgIpc) is 2.65. The van der Waals surface area contributed by atoms with Gasteiger partial charge in [-0.25, -0.2) is 5.43 Å². The SMILES string of the molecule is CCCC=NNC(=O)c1ccco1. The number of hydrogen-bond acceptors (Lipinski definition) is 3. The molecule has 0 atom stereocenters. The number of hydrazone groups is 1. The van der Waals surface area contributed by atoms with Crippen molar-refractivity contribution in [2.75, 3.05) is 0 Å². The lowest BCUT2D eigenvalue weighted by molar-refractivity contribution is 0.0927. The second kappa shape index (κ2) is 5.13. The Morgan fingerprint density at radius 2 is 2.62 bits per heavy atom. The Morgan fingerprint density at radius 1 is 1.77 bits per heavy atom. The van der Waals surface area contributed by atoms with Gasteiger partial charge in [-0.1, -0.05) is 13.3 Å². The fourth-order valence-corrected chi connectivity index (χ4v) is 0.761. The Bertz CT molecular complexity index is 278. The maximum absolute atomic E-state index is 11.2. The summed E-state index contributed by atoms with van der Waals surface area (Å²) in [5, 5.41) is 3.73. The zero-order valence-electron chi connectivity index (χ0n) is 7.49. The van der Waals surface area contributed by atoms with E-state index in [1.54, 1.807) is 18.3 Å². The van der Waals surface area contributed by atoms with E-state index in [0.29, 0.717) is 0 Å². The first-order chi connectivity index (χ1) is 6.34. The Morgan fingerprint density at radius 3 is 3.23 bits per heavy atom. The predicted molar refractivity (Wildman–Crippen MR) is 49.6 cm³/mol. The molecule has 1 N–H and O–H groups in total. The van der Waals surface area contributed by atoms with E-state index in [-0.39, 0.29) is 11.7 Å². The smallest absolute Gasteiger partial charge is 0.307 e. The number of amides is 1. The molecule has 0 bridgehead atoms. The highest BCUT2D eigenvalue weighted by atomic mass is 16.3. The van der Waals surface area contributed by atoms with Gasteiger partial charge in [-0.3, -0.25) is 4.79 Å². The second-order valence-electron chi connectivity index (χ2n) is 2.52. The molecule has 1 amide bonds. The number of carbonyl (C=O) groups excluding carboxylic acids is 1. The van der Waals surface area contributed by atoms with Gasteiger partial charge in [0.2, 0.25) is 0 Å². The Labute approximate surface area is 76.6 Å². The molecule has 0 saturated heterocycles. The highest BCUT2D eigenvalue weighted by molar-refractivity contribution is 5.91. The van der Waals surface area contributed by atoms with E-state index in [4.69, 9.17) is 4.42 Å². The largest absolute Gasteiger partial charge is 0.459 e. The van der Waals surface area contributed by atoms with Gasteiger partial charge in [0.05, 0.1) is 6.26 Å². The number of carbonyl (C=O) groups is 1. The normalized spacial score (nSPS) is 10.5. The third-order valence-electron chi connectivity index (χ3n) is 1.42. The van der Waals surface area contributed by atoms with Crippen LogP contribution in [0.5, 0.6) is 0 Å². The molecule has 0 unspecified atom stereocenters. The minimum absolute atomic E-state index is 0.272. The number of nitrogens with one attached hydrogen (secondary N) is 1. The quantitative estimate of drug-likeness (QED) is 0.567. The van der Waals surface area contributed by atoms with Gasteiger partial charge >= 0.3 is 5.91 Å². The predicted octanol–water partition coefficient (Wildman–Crippen LogP) is 1.80. The van der Waals surface area contributed by atoms with E-state index >= 15 is 0 Å². The van der Waals surface area contributed by atoms with Crippen LogP contribution in [0, 0.1) is 0 Å². The molecule has 4 nitrogen and oxygen atoms in total. The van der Waals surface area contributed by atoms with Crippen LogP contribution in [-0.4, -0.2) is 12.1 Å². The number of hydrogen-bond donors (Lipinski definition) is 1. The van der Waals surface area contributed by atoms with Crippen molar-refractivity contribution in [3.8, 4) is 0 Å². The van der Waals surface area contributed by atoms with Crippen LogP contribution in [0.1, 0.15) is 30.3 Å². The molecule has 0 fully saturated rings. The number of nitrogens with zero attached hydrogens (tertiary/aromatic N) is 1. The van der Waals surface area contributed by atoms with Gasteiger partial charge in [-0.05, 0) is 18.6 Å². The lowest BCUT2D eigenvalue weighted by Gasteiger charge is -1.93. The average molecular weight is 180 g/mol. The van der Waals surface area contributed by atoms with E-state index in [0.717, 1.165) is 12.8 Å². The van der Waals surface area contributed by atoms with Crippen molar-refractivity contribution in [1.82, 2.24) is 5.43 Å². The first kappa shape index (κ1) is 9.51. The Kier molecular flexibility index (Phi) is 3.75. The molecule has 0 aliphatic heterocycles. The molecule has 1 aromatic rings. The van der Waals surface area contributed by atoms with Crippen molar-refractivity contribution in [3.05, 3.63) is 24.2 Å². The van der Waals surface area contributed by atoms with E-state index in [9.17, 15) is 4.79 Å². The van der Waals surface area contributed by atoms with Crippen molar-refractivity contribution < 1.29 is 9.21 Å². The molecule has 0 aliphatic carbocycles. The standard InChI is InChI=1S/C9H12N2O2/c1-2-3-6-10-11-9(12)8-5-4-7-13-8/h4-7H,2-3H2,1H3,(H,11,12). The topological polar surface area (TPSA) is 54.6 Å². The van der Waals surface area contributed by atoms with Gasteiger partial charge in [0.1, 0.15) is 0 Å². The molecule has 0 aliphatic rings. The maximum Gasteiger partial charge on any atom is 0.307 e. The molecule has 0 radical (unpaired) electrons. The first-order valence-electron chi connectivity index (χ1n) is 4.20. The van der Waals surface area contributed by atoms with Crippen LogP contribution in [0.25, 0.3) is 0 Å². The molecular formula is C9H12N2O2. The van der Waals surface area contributed by atoms with E-state index < -0.39 is 0 Å². The van der Waals surface area contributed by atoms with Crippen LogP contribution < -0.4 is 5.43 Å². The molecule has 13 heavy (non-hydrogen) atoms. The zero-order chi connectivity index (χ0) is 9.52. The highest BCUT2D eigenvalue weighted by Crippen LogP contribution is 1.98. The summed E-state index contributed by atoms with van der Waals surface area (Å²) in [6, 6.07) is 3.25. The summed E-state index contributed by atoms with van der Waals surface area (Å²) in [6.45, 7) is 2.04. The van der Waals surface area contributed by atoms with Crippen LogP contribution in [-0.2, 0) is 0 Å². The van der Waals surface area contributed by atoms with Crippen molar-refractivity contribution in [2.24, 2.45) is 5.10 Å². The summed E-state index contributed by atoms with van der Waals surface area (Å²) in [6.07, 6.45) is 4.99. The molecule has 1 aromatic heterocycles. The monoisotopic (exact) mass is 180 g/mol. The maximum atomic E-state index is 11.2. The molecule has 0 saturated carbocycles. The molecular weight excluding hydrogens is 168 g/mol. The van der Waals surface area contributed by atoms with Crippen molar-refractivity contribution in [1.29, 1.82) is 0 Å². The molecule has 4 heteroatoms. The number of rotatable bonds is 4. The fraction of sp³-hybridized carbons (Fsp3) is 0.333. The van der Waals surface area contributed by atoms with Crippen molar-refractivity contribution >= 4 is 12.1 Å². The number of furan rings is 1. The first-order valence-corrected chi connectivity index (χ1v) is 4.20. The minimum Gasteiger partial charge on any atom is -0.459 e. The molecule has 70 valence electrons.